The van der Waals surface area contributed by atoms with Crippen LogP contribution in [-0.2, 0) is 16.1 Å². The van der Waals surface area contributed by atoms with Gasteiger partial charge in [0.05, 0.1) is 16.8 Å². The van der Waals surface area contributed by atoms with E-state index in [-0.39, 0.29) is 18.0 Å². The standard InChI is InChI=1S/C24H24N2O5/c1-3-4-22(27)26(15(2)23(28)29)14-16-5-11-21-19(13-16)10-12-20(25-21)17-6-8-18(9-7-17)24(30)31/h5-13,15H,3-4,14H2,1-2H3,(H,28,29)(H,30,31). The molecule has 1 unspecified atom stereocenters. The Labute approximate surface area is 180 Å². The Bertz CT molecular complexity index is 1120. The van der Waals surface area contributed by atoms with Gasteiger partial charge in [0.2, 0.25) is 5.91 Å². The topological polar surface area (TPSA) is 108 Å². The first-order valence-electron chi connectivity index (χ1n) is 10.1. The van der Waals surface area contributed by atoms with Crippen LogP contribution in [0.5, 0.6) is 0 Å². The Balaban J connectivity index is 1.87. The molecule has 1 heterocycles. The number of carbonyl (C=O) groups excluding carboxylic acids is 1. The summed E-state index contributed by atoms with van der Waals surface area (Å²) in [6.45, 7) is 3.61. The van der Waals surface area contributed by atoms with Crippen LogP contribution in [0.25, 0.3) is 22.2 Å². The van der Waals surface area contributed by atoms with E-state index in [1.165, 1.54) is 24.0 Å². The molecule has 0 radical (unpaired) electrons. The highest BCUT2D eigenvalue weighted by Crippen LogP contribution is 2.23. The van der Waals surface area contributed by atoms with Gasteiger partial charge < -0.3 is 15.1 Å². The predicted octanol–water partition coefficient (Wildman–Crippen LogP) is 4.20. The number of aliphatic carboxylic acids is 1. The van der Waals surface area contributed by atoms with Crippen molar-refractivity contribution in [2.45, 2.75) is 39.3 Å². The van der Waals surface area contributed by atoms with Crippen LogP contribution in [0.2, 0.25) is 0 Å². The highest BCUT2D eigenvalue weighted by atomic mass is 16.4. The second-order valence-electron chi connectivity index (χ2n) is 7.39. The lowest BCUT2D eigenvalue weighted by atomic mass is 10.1. The summed E-state index contributed by atoms with van der Waals surface area (Å²) in [5.74, 6) is -2.20. The van der Waals surface area contributed by atoms with E-state index in [0.29, 0.717) is 12.8 Å². The Hall–Kier alpha value is -3.74. The van der Waals surface area contributed by atoms with Crippen LogP contribution in [0, 0.1) is 0 Å². The normalized spacial score (nSPS) is 11.8. The molecule has 0 aliphatic carbocycles. The maximum absolute atomic E-state index is 12.4. The largest absolute Gasteiger partial charge is 0.480 e. The first kappa shape index (κ1) is 22.0. The molecule has 0 spiro atoms. The van der Waals surface area contributed by atoms with Crippen LogP contribution in [0.1, 0.15) is 42.6 Å². The number of rotatable bonds is 8. The van der Waals surface area contributed by atoms with Crippen molar-refractivity contribution in [1.29, 1.82) is 0 Å². The summed E-state index contributed by atoms with van der Waals surface area (Å²) in [5.41, 5.74) is 3.32. The Morgan fingerprint density at radius 2 is 1.71 bits per heavy atom. The van der Waals surface area contributed by atoms with Crippen molar-refractivity contribution in [3.63, 3.8) is 0 Å². The zero-order valence-electron chi connectivity index (χ0n) is 17.4. The van der Waals surface area contributed by atoms with E-state index < -0.39 is 18.0 Å². The molecule has 0 saturated carbocycles. The van der Waals surface area contributed by atoms with Crippen LogP contribution in [-0.4, -0.2) is 44.0 Å². The van der Waals surface area contributed by atoms with Gasteiger partial charge in [-0.15, -0.1) is 0 Å². The van der Waals surface area contributed by atoms with Gasteiger partial charge in [0.15, 0.2) is 0 Å². The zero-order chi connectivity index (χ0) is 22.5. The van der Waals surface area contributed by atoms with Gasteiger partial charge in [-0.1, -0.05) is 31.2 Å². The molecule has 2 N–H and O–H groups in total. The highest BCUT2D eigenvalue weighted by molar-refractivity contribution is 5.88. The summed E-state index contributed by atoms with van der Waals surface area (Å²) in [5, 5.41) is 19.3. The van der Waals surface area contributed by atoms with E-state index in [2.05, 4.69) is 4.98 Å². The van der Waals surface area contributed by atoms with E-state index >= 15 is 0 Å². The first-order chi connectivity index (χ1) is 14.8. The summed E-state index contributed by atoms with van der Waals surface area (Å²) in [7, 11) is 0. The van der Waals surface area contributed by atoms with Crippen LogP contribution in [0.3, 0.4) is 0 Å². The number of carbonyl (C=O) groups is 3. The number of hydrogen-bond acceptors (Lipinski definition) is 4. The van der Waals surface area contributed by atoms with Crippen LogP contribution >= 0.6 is 0 Å². The molecule has 3 rings (SSSR count). The number of aromatic carboxylic acids is 1. The van der Waals surface area contributed by atoms with Gasteiger partial charge in [-0.05, 0) is 49.2 Å². The number of carboxylic acids is 2. The molecule has 7 heteroatoms. The summed E-state index contributed by atoms with van der Waals surface area (Å²) in [4.78, 5) is 40.9. The van der Waals surface area contributed by atoms with Gasteiger partial charge in [-0.2, -0.15) is 0 Å². The minimum Gasteiger partial charge on any atom is -0.480 e. The van der Waals surface area contributed by atoms with Crippen LogP contribution < -0.4 is 0 Å². The van der Waals surface area contributed by atoms with Gasteiger partial charge in [0.1, 0.15) is 6.04 Å². The number of amides is 1. The summed E-state index contributed by atoms with van der Waals surface area (Å²) < 4.78 is 0. The van der Waals surface area contributed by atoms with E-state index in [9.17, 15) is 19.5 Å². The Kier molecular flexibility index (Phi) is 6.65. The van der Waals surface area contributed by atoms with Crippen LogP contribution in [0.15, 0.2) is 54.6 Å². The zero-order valence-corrected chi connectivity index (χ0v) is 17.4. The van der Waals surface area contributed by atoms with Crippen molar-refractivity contribution in [1.82, 2.24) is 9.88 Å². The fourth-order valence-corrected chi connectivity index (χ4v) is 3.35. The second kappa shape index (κ2) is 9.38. The molecule has 0 saturated heterocycles. The van der Waals surface area contributed by atoms with Crippen molar-refractivity contribution >= 4 is 28.7 Å². The van der Waals surface area contributed by atoms with Crippen LogP contribution in [0.4, 0.5) is 0 Å². The summed E-state index contributed by atoms with van der Waals surface area (Å²) in [6.07, 6.45) is 0.955. The van der Waals surface area contributed by atoms with Crippen molar-refractivity contribution in [3.8, 4) is 11.3 Å². The molecule has 3 aromatic rings. The minimum atomic E-state index is -1.04. The molecule has 0 fully saturated rings. The lowest BCUT2D eigenvalue weighted by molar-refractivity contribution is -0.150. The quantitative estimate of drug-likeness (QED) is 0.565. The third kappa shape index (κ3) is 5.06. The average Bonchev–Trinajstić information content (AvgIpc) is 2.76. The number of aromatic nitrogens is 1. The number of nitrogens with zero attached hydrogens (tertiary/aromatic N) is 2. The van der Waals surface area contributed by atoms with Crippen molar-refractivity contribution < 1.29 is 24.6 Å². The molecule has 160 valence electrons. The lowest BCUT2D eigenvalue weighted by Crippen LogP contribution is -2.42. The molecule has 0 aliphatic heterocycles. The lowest BCUT2D eigenvalue weighted by Gasteiger charge is -2.26. The van der Waals surface area contributed by atoms with Gasteiger partial charge in [-0.3, -0.25) is 4.79 Å². The average molecular weight is 420 g/mol. The predicted molar refractivity (Wildman–Crippen MR) is 117 cm³/mol. The number of carboxylic acid groups (broad SMARTS) is 2. The van der Waals surface area contributed by atoms with Gasteiger partial charge in [-0.25, -0.2) is 14.6 Å². The highest BCUT2D eigenvalue weighted by Gasteiger charge is 2.25. The molecule has 1 amide bonds. The smallest absolute Gasteiger partial charge is 0.335 e. The maximum atomic E-state index is 12.4. The second-order valence-corrected chi connectivity index (χ2v) is 7.39. The molecule has 0 aliphatic rings. The summed E-state index contributed by atoms with van der Waals surface area (Å²) >= 11 is 0. The number of benzene rings is 2. The molecular formula is C24H24N2O5. The Morgan fingerprint density at radius 1 is 1.00 bits per heavy atom. The summed E-state index contributed by atoms with van der Waals surface area (Å²) in [6, 6.07) is 14.9. The molecule has 7 nitrogen and oxygen atoms in total. The van der Waals surface area contributed by atoms with E-state index in [4.69, 9.17) is 5.11 Å². The third-order valence-electron chi connectivity index (χ3n) is 5.14. The van der Waals surface area contributed by atoms with E-state index in [1.54, 1.807) is 12.1 Å². The SMILES string of the molecule is CCCC(=O)N(Cc1ccc2nc(-c3ccc(C(=O)O)cc3)ccc2c1)C(C)C(=O)O. The fraction of sp³-hybridized carbons (Fsp3) is 0.250. The van der Waals surface area contributed by atoms with Crippen molar-refractivity contribution in [3.05, 3.63) is 65.7 Å². The van der Waals surface area contributed by atoms with Gasteiger partial charge in [0.25, 0.3) is 0 Å². The number of hydrogen-bond donors (Lipinski definition) is 2. The minimum absolute atomic E-state index is 0.184. The van der Waals surface area contributed by atoms with E-state index in [0.717, 1.165) is 27.7 Å². The fourth-order valence-electron chi connectivity index (χ4n) is 3.35. The first-order valence-corrected chi connectivity index (χ1v) is 10.1. The van der Waals surface area contributed by atoms with E-state index in [1.807, 2.05) is 37.3 Å². The van der Waals surface area contributed by atoms with Crippen molar-refractivity contribution in [2.75, 3.05) is 0 Å². The number of pyridine rings is 1. The Morgan fingerprint density at radius 3 is 2.32 bits per heavy atom. The third-order valence-corrected chi connectivity index (χ3v) is 5.14. The van der Waals surface area contributed by atoms with Gasteiger partial charge in [0, 0.05) is 23.9 Å². The molecular weight excluding hydrogens is 396 g/mol. The molecule has 0 bridgehead atoms. The van der Waals surface area contributed by atoms with Crippen molar-refractivity contribution in [2.24, 2.45) is 0 Å². The molecule has 1 atom stereocenters. The van der Waals surface area contributed by atoms with Gasteiger partial charge >= 0.3 is 11.9 Å². The molecule has 31 heavy (non-hydrogen) atoms. The monoisotopic (exact) mass is 420 g/mol. The number of fused-ring (bicyclic) bond motifs is 1. The molecule has 2 aromatic carbocycles. The maximum Gasteiger partial charge on any atom is 0.335 e. The molecule has 1 aromatic heterocycles.